The number of nitrogens with one attached hydrogen (secondary N) is 3. The fraction of sp³-hybridized carbons (Fsp3) is 0.250. The van der Waals surface area contributed by atoms with Gasteiger partial charge in [0.1, 0.15) is 11.8 Å². The van der Waals surface area contributed by atoms with Crippen LogP contribution >= 0.6 is 0 Å². The Bertz CT molecular complexity index is 1390. The van der Waals surface area contributed by atoms with Gasteiger partial charge in [-0.25, -0.2) is 8.42 Å². The topological polar surface area (TPSA) is 100 Å². The molecule has 4 aromatic rings. The van der Waals surface area contributed by atoms with Crippen molar-refractivity contribution in [2.24, 2.45) is 0 Å². The van der Waals surface area contributed by atoms with Crippen LogP contribution in [0.25, 0.3) is 10.9 Å². The highest BCUT2D eigenvalue weighted by atomic mass is 32.2. The number of ether oxygens (including phenoxy) is 1. The number of H-pyrrole nitrogens is 1. The minimum Gasteiger partial charge on any atom is -0.495 e. The molecule has 1 unspecified atom stereocenters. The molecular formula is C28H31N3O4S. The molecule has 8 heteroatoms. The maximum atomic E-state index is 13.2. The summed E-state index contributed by atoms with van der Waals surface area (Å²) in [6, 6.07) is 22.9. The van der Waals surface area contributed by atoms with Crippen molar-refractivity contribution in [1.82, 2.24) is 15.0 Å². The Balaban J connectivity index is 1.48. The van der Waals surface area contributed by atoms with Gasteiger partial charge in [0.05, 0.1) is 17.5 Å². The molecular weight excluding hydrogens is 474 g/mol. The highest BCUT2D eigenvalue weighted by Crippen LogP contribution is 2.28. The molecule has 36 heavy (non-hydrogen) atoms. The minimum absolute atomic E-state index is 0.118. The predicted octanol–water partition coefficient (Wildman–Crippen LogP) is 4.21. The number of hydrogen-bond donors (Lipinski definition) is 3. The van der Waals surface area contributed by atoms with Gasteiger partial charge in [-0.3, -0.25) is 4.79 Å². The number of sulfonamides is 1. The minimum atomic E-state index is -3.89. The Morgan fingerprint density at radius 1 is 0.944 bits per heavy atom. The van der Waals surface area contributed by atoms with Crippen molar-refractivity contribution in [1.29, 1.82) is 0 Å². The lowest BCUT2D eigenvalue weighted by atomic mass is 10.0. The Kier molecular flexibility index (Phi) is 8.40. The summed E-state index contributed by atoms with van der Waals surface area (Å²) >= 11 is 0. The maximum absolute atomic E-state index is 13.2. The van der Waals surface area contributed by atoms with E-state index in [-0.39, 0.29) is 17.2 Å². The molecule has 0 bridgehead atoms. The fourth-order valence-electron chi connectivity index (χ4n) is 4.23. The van der Waals surface area contributed by atoms with Crippen LogP contribution < -0.4 is 14.8 Å². The van der Waals surface area contributed by atoms with E-state index >= 15 is 0 Å². The number of amides is 1. The van der Waals surface area contributed by atoms with Crippen molar-refractivity contribution < 1.29 is 17.9 Å². The van der Waals surface area contributed by atoms with E-state index in [4.69, 9.17) is 4.74 Å². The largest absolute Gasteiger partial charge is 0.495 e. The number of hydrogen-bond acceptors (Lipinski definition) is 4. The number of unbranched alkanes of at least 4 members (excludes halogenated alkanes) is 1. The SMILES string of the molecule is COc1ccc(CC(NS(=O)(=O)c2ccccc2)C(=O)NCCCCc2ccccc2)c2cc[nH]c12. The molecule has 0 saturated carbocycles. The first-order valence-electron chi connectivity index (χ1n) is 12.0. The summed E-state index contributed by atoms with van der Waals surface area (Å²) < 4.78 is 34.2. The molecule has 0 aliphatic heterocycles. The lowest BCUT2D eigenvalue weighted by Crippen LogP contribution is -2.48. The number of methoxy groups -OCH3 is 1. The number of rotatable bonds is 12. The van der Waals surface area contributed by atoms with E-state index in [1.165, 1.54) is 17.7 Å². The second-order valence-electron chi connectivity index (χ2n) is 8.62. The Morgan fingerprint density at radius 2 is 1.67 bits per heavy atom. The summed E-state index contributed by atoms with van der Waals surface area (Å²) in [6.07, 6.45) is 4.64. The van der Waals surface area contributed by atoms with E-state index in [9.17, 15) is 13.2 Å². The van der Waals surface area contributed by atoms with Crippen molar-refractivity contribution in [2.45, 2.75) is 36.6 Å². The third-order valence-corrected chi connectivity index (χ3v) is 7.61. The van der Waals surface area contributed by atoms with Crippen molar-refractivity contribution in [3.63, 3.8) is 0 Å². The van der Waals surface area contributed by atoms with E-state index in [1.54, 1.807) is 31.5 Å². The monoisotopic (exact) mass is 505 g/mol. The lowest BCUT2D eigenvalue weighted by Gasteiger charge is -2.19. The van der Waals surface area contributed by atoms with E-state index in [1.807, 2.05) is 36.4 Å². The van der Waals surface area contributed by atoms with Crippen LogP contribution in [0, 0.1) is 0 Å². The normalized spacial score (nSPS) is 12.4. The standard InChI is InChI=1S/C28H31N3O4S/c1-35-26-16-15-22(24-17-19-29-27(24)26)20-25(31-36(33,34)23-13-6-3-7-14-23)28(32)30-18-9-8-12-21-10-4-2-5-11-21/h2-7,10-11,13-17,19,25,29,31H,8-9,12,18,20H2,1H3,(H,30,32). The van der Waals surface area contributed by atoms with E-state index in [2.05, 4.69) is 27.2 Å². The summed E-state index contributed by atoms with van der Waals surface area (Å²) in [5, 5.41) is 3.81. The molecule has 3 aromatic carbocycles. The third kappa shape index (κ3) is 6.33. The molecule has 1 atom stereocenters. The zero-order chi connectivity index (χ0) is 25.4. The van der Waals surface area contributed by atoms with Crippen LogP contribution in [0.2, 0.25) is 0 Å². The second-order valence-corrected chi connectivity index (χ2v) is 10.3. The molecule has 3 N–H and O–H groups in total. The second kappa shape index (κ2) is 11.9. The molecule has 0 aliphatic rings. The highest BCUT2D eigenvalue weighted by molar-refractivity contribution is 7.89. The van der Waals surface area contributed by atoms with Gasteiger partial charge in [-0.2, -0.15) is 4.72 Å². The van der Waals surface area contributed by atoms with Crippen LogP contribution in [0.5, 0.6) is 5.75 Å². The number of aromatic amines is 1. The quantitative estimate of drug-likeness (QED) is 0.251. The van der Waals surface area contributed by atoms with Gasteiger partial charge in [0.15, 0.2) is 0 Å². The Morgan fingerprint density at radius 3 is 2.39 bits per heavy atom. The molecule has 7 nitrogen and oxygen atoms in total. The third-order valence-electron chi connectivity index (χ3n) is 6.12. The molecule has 0 spiro atoms. The van der Waals surface area contributed by atoms with Crippen LogP contribution in [-0.4, -0.2) is 39.0 Å². The first kappa shape index (κ1) is 25.5. The van der Waals surface area contributed by atoms with Gasteiger partial charge < -0.3 is 15.0 Å². The molecule has 0 saturated heterocycles. The molecule has 0 aliphatic carbocycles. The zero-order valence-electron chi connectivity index (χ0n) is 20.2. The molecule has 1 aromatic heterocycles. The fourth-order valence-corrected chi connectivity index (χ4v) is 5.45. The molecule has 188 valence electrons. The summed E-state index contributed by atoms with van der Waals surface area (Å²) in [7, 11) is -2.30. The zero-order valence-corrected chi connectivity index (χ0v) is 21.1. The maximum Gasteiger partial charge on any atom is 0.241 e. The highest BCUT2D eigenvalue weighted by Gasteiger charge is 2.27. The summed E-state index contributed by atoms with van der Waals surface area (Å²) in [6.45, 7) is 0.470. The van der Waals surface area contributed by atoms with Crippen molar-refractivity contribution >= 4 is 26.8 Å². The van der Waals surface area contributed by atoms with Crippen molar-refractivity contribution in [3.8, 4) is 5.75 Å². The van der Waals surface area contributed by atoms with Gasteiger partial charge in [-0.1, -0.05) is 54.6 Å². The molecule has 4 rings (SSSR count). The van der Waals surface area contributed by atoms with E-state index in [0.717, 1.165) is 35.7 Å². The number of fused-ring (bicyclic) bond motifs is 1. The molecule has 0 fully saturated rings. The number of carbonyl (C=O) groups excluding carboxylic acids is 1. The number of aryl methyl sites for hydroxylation is 1. The van der Waals surface area contributed by atoms with E-state index in [0.29, 0.717) is 12.3 Å². The first-order valence-corrected chi connectivity index (χ1v) is 13.5. The molecule has 1 heterocycles. The Labute approximate surface area is 211 Å². The summed E-state index contributed by atoms with van der Waals surface area (Å²) in [5.74, 6) is 0.330. The van der Waals surface area contributed by atoms with Gasteiger partial charge in [0.2, 0.25) is 15.9 Å². The molecule has 0 radical (unpaired) electrons. The van der Waals surface area contributed by atoms with Crippen LogP contribution in [-0.2, 0) is 27.7 Å². The first-order chi connectivity index (χ1) is 17.5. The number of benzene rings is 3. The van der Waals surface area contributed by atoms with Crippen LogP contribution in [0.15, 0.2) is 90.0 Å². The van der Waals surface area contributed by atoms with Gasteiger partial charge in [-0.15, -0.1) is 0 Å². The number of carbonyl (C=O) groups is 1. The van der Waals surface area contributed by atoms with Crippen LogP contribution in [0.1, 0.15) is 24.0 Å². The average molecular weight is 506 g/mol. The van der Waals surface area contributed by atoms with Gasteiger partial charge in [-0.05, 0) is 61.1 Å². The van der Waals surface area contributed by atoms with Gasteiger partial charge >= 0.3 is 0 Å². The number of aromatic nitrogens is 1. The van der Waals surface area contributed by atoms with E-state index < -0.39 is 16.1 Å². The lowest BCUT2D eigenvalue weighted by molar-refractivity contribution is -0.122. The van der Waals surface area contributed by atoms with Crippen LogP contribution in [0.3, 0.4) is 0 Å². The van der Waals surface area contributed by atoms with Gasteiger partial charge in [0, 0.05) is 18.1 Å². The summed E-state index contributed by atoms with van der Waals surface area (Å²) in [4.78, 5) is 16.5. The molecule has 1 amide bonds. The summed E-state index contributed by atoms with van der Waals surface area (Å²) in [5.41, 5.74) is 2.90. The van der Waals surface area contributed by atoms with Crippen LogP contribution in [0.4, 0.5) is 0 Å². The average Bonchev–Trinajstić information content (AvgIpc) is 3.40. The van der Waals surface area contributed by atoms with Gasteiger partial charge in [0.25, 0.3) is 0 Å². The Hall–Kier alpha value is -3.62. The smallest absolute Gasteiger partial charge is 0.241 e. The predicted molar refractivity (Wildman–Crippen MR) is 141 cm³/mol. The van der Waals surface area contributed by atoms with Crippen molar-refractivity contribution in [3.05, 3.63) is 96.2 Å². The van der Waals surface area contributed by atoms with Crippen molar-refractivity contribution in [2.75, 3.05) is 13.7 Å².